The topological polar surface area (TPSA) is 22.4 Å². The zero-order valence-corrected chi connectivity index (χ0v) is 12.7. The molecule has 20 heavy (non-hydrogen) atoms. The number of fused-ring (bicyclic) bond motifs is 1. The molecule has 0 aliphatic carbocycles. The summed E-state index contributed by atoms with van der Waals surface area (Å²) in [5, 5.41) is 1.27. The molecule has 0 aliphatic rings. The van der Waals surface area contributed by atoms with Gasteiger partial charge in [-0.15, -0.1) is 0 Å². The summed E-state index contributed by atoms with van der Waals surface area (Å²) in [6.07, 6.45) is 7.96. The number of hydrogen-bond acceptors (Lipinski definition) is 2. The number of para-hydroxylation sites is 1. The predicted molar refractivity (Wildman–Crippen MR) is 84.0 cm³/mol. The van der Waals surface area contributed by atoms with Crippen LogP contribution in [0.2, 0.25) is 0 Å². The first-order valence-corrected chi connectivity index (χ1v) is 7.80. The largest absolute Gasteiger partial charge is 0.464 e. The van der Waals surface area contributed by atoms with Crippen LogP contribution in [0.25, 0.3) is 11.0 Å². The summed E-state index contributed by atoms with van der Waals surface area (Å²) in [6, 6.07) is 8.28. The Balaban J connectivity index is 1.59. The minimum Gasteiger partial charge on any atom is -0.464 e. The third-order valence-corrected chi connectivity index (χ3v) is 3.50. The summed E-state index contributed by atoms with van der Waals surface area (Å²) in [4.78, 5) is 0. The first kappa shape index (κ1) is 15.1. The second kappa shape index (κ2) is 8.11. The van der Waals surface area contributed by atoms with Gasteiger partial charge in [0.1, 0.15) is 5.58 Å². The molecule has 2 rings (SSSR count). The molecule has 1 aromatic carbocycles. The lowest BCUT2D eigenvalue weighted by atomic mass is 10.1. The number of benzene rings is 1. The van der Waals surface area contributed by atoms with Gasteiger partial charge in [0.2, 0.25) is 0 Å². The Labute approximate surface area is 122 Å². The molecule has 1 heterocycles. The van der Waals surface area contributed by atoms with Gasteiger partial charge in [-0.2, -0.15) is 0 Å². The molecule has 0 amide bonds. The molecule has 110 valence electrons. The Kier molecular flexibility index (Phi) is 6.13. The average Bonchev–Trinajstić information content (AvgIpc) is 2.85. The summed E-state index contributed by atoms with van der Waals surface area (Å²) in [5.41, 5.74) is 2.35. The molecule has 0 aliphatic heterocycles. The van der Waals surface area contributed by atoms with Crippen LogP contribution in [0.3, 0.4) is 0 Å². The molecular weight excluding hydrogens is 248 g/mol. The van der Waals surface area contributed by atoms with Crippen molar-refractivity contribution in [2.24, 2.45) is 5.92 Å². The summed E-state index contributed by atoms with van der Waals surface area (Å²) in [5.74, 6) is 0.643. The highest BCUT2D eigenvalue weighted by molar-refractivity contribution is 5.80. The second-order valence-corrected chi connectivity index (χ2v) is 5.89. The molecule has 0 radical (unpaired) electrons. The quantitative estimate of drug-likeness (QED) is 0.586. The van der Waals surface area contributed by atoms with Crippen molar-refractivity contribution >= 4 is 11.0 Å². The van der Waals surface area contributed by atoms with Gasteiger partial charge in [-0.3, -0.25) is 0 Å². The highest BCUT2D eigenvalue weighted by Gasteiger charge is 2.04. The lowest BCUT2D eigenvalue weighted by Gasteiger charge is -2.06. The molecule has 2 nitrogen and oxygen atoms in total. The van der Waals surface area contributed by atoms with Crippen molar-refractivity contribution < 1.29 is 9.15 Å². The van der Waals surface area contributed by atoms with Gasteiger partial charge in [0.25, 0.3) is 0 Å². The van der Waals surface area contributed by atoms with E-state index in [0.29, 0.717) is 5.92 Å². The van der Waals surface area contributed by atoms with Gasteiger partial charge >= 0.3 is 0 Å². The fourth-order valence-corrected chi connectivity index (χ4v) is 2.42. The SMILES string of the molecule is CC(C)COCCCCCCc1coc2ccccc12. The highest BCUT2D eigenvalue weighted by Crippen LogP contribution is 2.22. The van der Waals surface area contributed by atoms with Crippen LogP contribution in [-0.2, 0) is 11.2 Å². The predicted octanol–water partition coefficient (Wildman–Crippen LogP) is 5.21. The summed E-state index contributed by atoms with van der Waals surface area (Å²) >= 11 is 0. The monoisotopic (exact) mass is 274 g/mol. The van der Waals surface area contributed by atoms with Crippen LogP contribution >= 0.6 is 0 Å². The van der Waals surface area contributed by atoms with Gasteiger partial charge in [0, 0.05) is 18.6 Å². The minimum absolute atomic E-state index is 0.643. The minimum atomic E-state index is 0.643. The van der Waals surface area contributed by atoms with E-state index in [-0.39, 0.29) is 0 Å². The van der Waals surface area contributed by atoms with E-state index in [1.165, 1.54) is 36.6 Å². The lowest BCUT2D eigenvalue weighted by molar-refractivity contribution is 0.106. The van der Waals surface area contributed by atoms with Crippen molar-refractivity contribution in [2.45, 2.75) is 46.0 Å². The van der Waals surface area contributed by atoms with E-state index >= 15 is 0 Å². The second-order valence-electron chi connectivity index (χ2n) is 5.89. The molecule has 2 heteroatoms. The van der Waals surface area contributed by atoms with Crippen molar-refractivity contribution in [1.82, 2.24) is 0 Å². The Hall–Kier alpha value is -1.28. The van der Waals surface area contributed by atoms with Gasteiger partial charge in [0.15, 0.2) is 0 Å². The van der Waals surface area contributed by atoms with Gasteiger partial charge in [-0.25, -0.2) is 0 Å². The highest BCUT2D eigenvalue weighted by atomic mass is 16.5. The zero-order chi connectivity index (χ0) is 14.2. The molecule has 0 atom stereocenters. The molecule has 1 aromatic heterocycles. The van der Waals surface area contributed by atoms with Crippen LogP contribution in [0, 0.1) is 5.92 Å². The molecule has 0 unspecified atom stereocenters. The van der Waals surface area contributed by atoms with Crippen molar-refractivity contribution in [1.29, 1.82) is 0 Å². The van der Waals surface area contributed by atoms with Gasteiger partial charge in [0.05, 0.1) is 6.26 Å². The number of aryl methyl sites for hydroxylation is 1. The Bertz CT molecular complexity index is 499. The van der Waals surface area contributed by atoms with Crippen LogP contribution < -0.4 is 0 Å². The van der Waals surface area contributed by atoms with Crippen LogP contribution in [0.4, 0.5) is 0 Å². The first-order chi connectivity index (χ1) is 9.77. The van der Waals surface area contributed by atoms with E-state index < -0.39 is 0 Å². The number of rotatable bonds is 9. The van der Waals surface area contributed by atoms with Crippen molar-refractivity contribution in [3.05, 3.63) is 36.1 Å². The first-order valence-electron chi connectivity index (χ1n) is 7.80. The maximum Gasteiger partial charge on any atom is 0.134 e. The van der Waals surface area contributed by atoms with Crippen molar-refractivity contribution in [2.75, 3.05) is 13.2 Å². The summed E-state index contributed by atoms with van der Waals surface area (Å²) in [6.45, 7) is 6.18. The number of unbranched alkanes of at least 4 members (excludes halogenated alkanes) is 3. The van der Waals surface area contributed by atoms with E-state index in [1.807, 2.05) is 18.4 Å². The molecular formula is C18H26O2. The van der Waals surface area contributed by atoms with E-state index in [0.717, 1.165) is 25.2 Å². The normalized spacial score (nSPS) is 11.6. The molecule has 0 bridgehead atoms. The van der Waals surface area contributed by atoms with E-state index in [2.05, 4.69) is 26.0 Å². The zero-order valence-electron chi connectivity index (χ0n) is 12.7. The maximum atomic E-state index is 5.59. The number of ether oxygens (including phenoxy) is 1. The smallest absolute Gasteiger partial charge is 0.134 e. The Morgan fingerprint density at radius 1 is 1.05 bits per heavy atom. The average molecular weight is 274 g/mol. The van der Waals surface area contributed by atoms with Crippen LogP contribution in [0.1, 0.15) is 45.1 Å². The van der Waals surface area contributed by atoms with Gasteiger partial charge < -0.3 is 9.15 Å². The van der Waals surface area contributed by atoms with E-state index in [4.69, 9.17) is 9.15 Å². The van der Waals surface area contributed by atoms with Crippen LogP contribution in [-0.4, -0.2) is 13.2 Å². The van der Waals surface area contributed by atoms with E-state index in [9.17, 15) is 0 Å². The molecule has 0 saturated heterocycles. The Morgan fingerprint density at radius 2 is 1.85 bits per heavy atom. The van der Waals surface area contributed by atoms with Gasteiger partial charge in [-0.05, 0) is 36.8 Å². The standard InChI is InChI=1S/C18H26O2/c1-15(2)13-19-12-8-4-3-5-9-16-14-20-18-11-7-6-10-17(16)18/h6-7,10-11,14-15H,3-5,8-9,12-13H2,1-2H3. The molecule has 0 N–H and O–H groups in total. The third-order valence-electron chi connectivity index (χ3n) is 3.50. The molecule has 0 saturated carbocycles. The molecule has 0 spiro atoms. The molecule has 0 fully saturated rings. The Morgan fingerprint density at radius 3 is 2.70 bits per heavy atom. The van der Waals surface area contributed by atoms with Gasteiger partial charge in [-0.1, -0.05) is 44.9 Å². The van der Waals surface area contributed by atoms with E-state index in [1.54, 1.807) is 0 Å². The van der Waals surface area contributed by atoms with Crippen LogP contribution in [0.5, 0.6) is 0 Å². The fourth-order valence-electron chi connectivity index (χ4n) is 2.42. The number of furan rings is 1. The lowest BCUT2D eigenvalue weighted by Crippen LogP contribution is -2.02. The van der Waals surface area contributed by atoms with Crippen molar-refractivity contribution in [3.63, 3.8) is 0 Å². The van der Waals surface area contributed by atoms with Crippen molar-refractivity contribution in [3.8, 4) is 0 Å². The summed E-state index contributed by atoms with van der Waals surface area (Å²) in [7, 11) is 0. The molecule has 2 aromatic rings. The summed E-state index contributed by atoms with van der Waals surface area (Å²) < 4.78 is 11.2. The van der Waals surface area contributed by atoms with Crippen LogP contribution in [0.15, 0.2) is 34.9 Å². The number of hydrogen-bond donors (Lipinski definition) is 0. The fraction of sp³-hybridized carbons (Fsp3) is 0.556. The maximum absolute atomic E-state index is 5.59. The third kappa shape index (κ3) is 4.68.